The molecule has 0 aliphatic heterocycles. The van der Waals surface area contributed by atoms with Gasteiger partial charge in [-0.15, -0.1) is 0 Å². The minimum atomic E-state index is -0.700. The monoisotopic (exact) mass is 322 g/mol. The predicted octanol–water partition coefficient (Wildman–Crippen LogP) is 3.11. The van der Waals surface area contributed by atoms with Crippen LogP contribution in [0, 0.1) is 5.53 Å². The first-order chi connectivity index (χ1) is 10.9. The minimum absolute atomic E-state index is 0.0380. The van der Waals surface area contributed by atoms with Crippen LogP contribution in [0.4, 0.5) is 0 Å². The second-order valence-corrected chi connectivity index (χ2v) is 5.28. The van der Waals surface area contributed by atoms with E-state index in [4.69, 9.17) is 19.7 Å². The molecule has 0 saturated carbocycles. The largest absolute Gasteiger partial charge is 0.496 e. The first kappa shape index (κ1) is 19.0. The summed E-state index contributed by atoms with van der Waals surface area (Å²) in [6.45, 7) is 6.55. The van der Waals surface area contributed by atoms with Crippen molar-refractivity contribution in [3.63, 3.8) is 0 Å². The van der Waals surface area contributed by atoms with Gasteiger partial charge in [0.1, 0.15) is 16.4 Å². The van der Waals surface area contributed by atoms with Crippen LogP contribution in [0.3, 0.4) is 0 Å². The van der Waals surface area contributed by atoms with Gasteiger partial charge in [0.2, 0.25) is 4.91 Å². The zero-order chi connectivity index (χ0) is 17.3. The molecule has 0 unspecified atom stereocenters. The van der Waals surface area contributed by atoms with Crippen LogP contribution in [0.25, 0.3) is 0 Å². The molecule has 1 rings (SSSR count). The Kier molecular flexibility index (Phi) is 7.54. The fourth-order valence-corrected chi connectivity index (χ4v) is 2.11. The summed E-state index contributed by atoms with van der Waals surface area (Å²) in [6.07, 6.45) is 0.252. The van der Waals surface area contributed by atoms with E-state index >= 15 is 0 Å². The molecule has 0 aromatic heterocycles. The van der Waals surface area contributed by atoms with Crippen molar-refractivity contribution in [2.24, 2.45) is 5.11 Å². The zero-order valence-electron chi connectivity index (χ0n) is 14.1. The van der Waals surface area contributed by atoms with Crippen LogP contribution in [-0.4, -0.2) is 31.9 Å². The number of carbonyl (C=O) groups is 1. The van der Waals surface area contributed by atoms with Gasteiger partial charge in [-0.1, -0.05) is 0 Å². The Hall–Kier alpha value is -2.08. The van der Waals surface area contributed by atoms with Gasteiger partial charge in [-0.3, -0.25) is 4.79 Å². The molecule has 0 radical (unpaired) electrons. The number of Topliss-reactive ketones (excluding diaryl/α,β-unsaturated/α-hetero) is 1. The summed E-state index contributed by atoms with van der Waals surface area (Å²) in [5, 5.41) is 3.63. The molecule has 7 nitrogen and oxygen atoms in total. The van der Waals surface area contributed by atoms with Gasteiger partial charge in [0.05, 0.1) is 13.7 Å². The first-order valence-corrected chi connectivity index (χ1v) is 7.44. The number of benzene rings is 1. The Balaban J connectivity index is 2.70. The maximum absolute atomic E-state index is 12.3. The number of methoxy groups -OCH3 is 1. The van der Waals surface area contributed by atoms with Crippen LogP contribution in [0.2, 0.25) is 0 Å². The lowest BCUT2D eigenvalue weighted by molar-refractivity contribution is -0.209. The van der Waals surface area contributed by atoms with Gasteiger partial charge in [-0.2, -0.15) is 0 Å². The maximum Gasteiger partial charge on any atom is 0.214 e. The second kappa shape index (κ2) is 9.15. The van der Waals surface area contributed by atoms with Gasteiger partial charge in [-0.25, -0.2) is 0 Å². The highest BCUT2D eigenvalue weighted by Gasteiger charge is 2.19. The molecule has 0 fully saturated rings. The van der Waals surface area contributed by atoms with E-state index in [9.17, 15) is 4.79 Å². The average molecular weight is 322 g/mol. The molecule has 7 heteroatoms. The Morgan fingerprint density at radius 2 is 2.09 bits per heavy atom. The minimum Gasteiger partial charge on any atom is -0.496 e. The number of ketones is 1. The van der Waals surface area contributed by atoms with E-state index in [0.29, 0.717) is 23.5 Å². The molecule has 0 aliphatic rings. The smallest absolute Gasteiger partial charge is 0.214 e. The summed E-state index contributed by atoms with van der Waals surface area (Å²) in [4.78, 5) is 15.2. The van der Waals surface area contributed by atoms with E-state index in [0.717, 1.165) is 0 Å². The van der Waals surface area contributed by atoms with Crippen molar-refractivity contribution >= 4 is 5.78 Å². The predicted molar refractivity (Wildman–Crippen MR) is 84.6 cm³/mol. The van der Waals surface area contributed by atoms with Gasteiger partial charge < -0.3 is 14.2 Å². The molecule has 23 heavy (non-hydrogen) atoms. The van der Waals surface area contributed by atoms with Crippen molar-refractivity contribution < 1.29 is 19.0 Å². The van der Waals surface area contributed by atoms with Gasteiger partial charge in [0.15, 0.2) is 18.1 Å². The Morgan fingerprint density at radius 3 is 2.70 bits per heavy atom. The van der Waals surface area contributed by atoms with Gasteiger partial charge in [-0.05, 0) is 39.0 Å². The standard InChI is InChI=1S/C16H24N3O4/c1-5-22-16(2,3)23-9-8-14(20)12-6-7-15(21-4)13(10-12)11-18-19-17/h6-7,10,17H,5,8-9,11H2,1-4H3/q+1. The van der Waals surface area contributed by atoms with Crippen LogP contribution in [-0.2, 0) is 16.0 Å². The average Bonchev–Trinajstić information content (AvgIpc) is 2.52. The van der Waals surface area contributed by atoms with Crippen molar-refractivity contribution in [3.05, 3.63) is 29.3 Å². The Bertz CT molecular complexity index is 581. The molecule has 0 heterocycles. The van der Waals surface area contributed by atoms with Crippen molar-refractivity contribution in [1.82, 2.24) is 4.91 Å². The molecule has 1 aromatic carbocycles. The third-order valence-electron chi connectivity index (χ3n) is 3.18. The third-order valence-corrected chi connectivity index (χ3v) is 3.18. The van der Waals surface area contributed by atoms with Crippen LogP contribution < -0.4 is 9.65 Å². The summed E-state index contributed by atoms with van der Waals surface area (Å²) < 4.78 is 16.2. The molecule has 1 aromatic rings. The quantitative estimate of drug-likeness (QED) is 0.310. The normalized spacial score (nSPS) is 11.0. The molecule has 0 aliphatic carbocycles. The van der Waals surface area contributed by atoms with Gasteiger partial charge >= 0.3 is 0 Å². The molecular formula is C16H24N3O4+. The molecule has 126 valence electrons. The topological polar surface area (TPSA) is 95.1 Å². The van der Waals surface area contributed by atoms with E-state index in [2.05, 4.69) is 10.0 Å². The number of ether oxygens (including phenoxy) is 3. The molecule has 1 N–H and O–H groups in total. The molecule has 0 amide bonds. The molecule has 0 spiro atoms. The van der Waals surface area contributed by atoms with Crippen LogP contribution in [0.15, 0.2) is 23.3 Å². The number of nitrogens with one attached hydrogen (secondary N) is 1. The number of rotatable bonds is 10. The van der Waals surface area contributed by atoms with Crippen LogP contribution in [0.1, 0.15) is 43.1 Å². The lowest BCUT2D eigenvalue weighted by Gasteiger charge is -2.24. The SMILES string of the molecule is CCOC(C)(C)OCCC(=O)c1ccc(OC)c(CN=[N+]=N)c1. The lowest BCUT2D eigenvalue weighted by Crippen LogP contribution is -2.29. The highest BCUT2D eigenvalue weighted by Crippen LogP contribution is 2.22. The van der Waals surface area contributed by atoms with Crippen molar-refractivity contribution in [3.8, 4) is 5.75 Å². The van der Waals surface area contributed by atoms with Crippen molar-refractivity contribution in [2.75, 3.05) is 20.3 Å². The highest BCUT2D eigenvalue weighted by molar-refractivity contribution is 5.96. The van der Waals surface area contributed by atoms with Crippen molar-refractivity contribution in [2.45, 2.75) is 39.5 Å². The van der Waals surface area contributed by atoms with E-state index in [1.165, 1.54) is 0 Å². The summed E-state index contributed by atoms with van der Waals surface area (Å²) >= 11 is 0. The van der Waals surface area contributed by atoms with Gasteiger partial charge in [0, 0.05) is 24.2 Å². The number of carbonyl (C=O) groups excluding carboxylic acids is 1. The summed E-state index contributed by atoms with van der Waals surface area (Å²) in [5.41, 5.74) is 7.99. The molecular weight excluding hydrogens is 298 g/mol. The number of hydrogen-bond acceptors (Lipinski definition) is 6. The molecule has 0 atom stereocenters. The van der Waals surface area contributed by atoms with E-state index < -0.39 is 5.79 Å². The van der Waals surface area contributed by atoms with E-state index in [1.54, 1.807) is 25.3 Å². The molecule has 0 bridgehead atoms. The highest BCUT2D eigenvalue weighted by atomic mass is 16.7. The Labute approximate surface area is 136 Å². The summed E-state index contributed by atoms with van der Waals surface area (Å²) in [6, 6.07) is 5.13. The van der Waals surface area contributed by atoms with Crippen molar-refractivity contribution in [1.29, 1.82) is 5.53 Å². The fourth-order valence-electron chi connectivity index (χ4n) is 2.11. The lowest BCUT2D eigenvalue weighted by atomic mass is 10.0. The Morgan fingerprint density at radius 1 is 1.35 bits per heavy atom. The molecule has 0 saturated heterocycles. The van der Waals surface area contributed by atoms with Crippen LogP contribution >= 0.6 is 0 Å². The number of hydrogen-bond donors (Lipinski definition) is 1. The first-order valence-electron chi connectivity index (χ1n) is 7.44. The van der Waals surface area contributed by atoms with E-state index in [1.807, 2.05) is 20.8 Å². The third kappa shape index (κ3) is 6.28. The summed E-state index contributed by atoms with van der Waals surface area (Å²) in [7, 11) is 1.54. The number of nitrogens with zero attached hydrogens (tertiary/aromatic N) is 2. The fraction of sp³-hybridized carbons (Fsp3) is 0.562. The van der Waals surface area contributed by atoms with E-state index in [-0.39, 0.29) is 25.4 Å². The maximum atomic E-state index is 12.3. The zero-order valence-corrected chi connectivity index (χ0v) is 14.1. The van der Waals surface area contributed by atoms with Crippen LogP contribution in [0.5, 0.6) is 5.75 Å². The summed E-state index contributed by atoms with van der Waals surface area (Å²) in [5.74, 6) is -0.124. The van der Waals surface area contributed by atoms with Gasteiger partial charge in [0.25, 0.3) is 0 Å². The second-order valence-electron chi connectivity index (χ2n) is 5.28.